The van der Waals surface area contributed by atoms with Gasteiger partial charge in [-0.1, -0.05) is 38.1 Å². The normalized spacial score (nSPS) is 22.1. The highest BCUT2D eigenvalue weighted by Gasteiger charge is 2.27. The lowest BCUT2D eigenvalue weighted by atomic mass is 10.1. The maximum absolute atomic E-state index is 2.75. The number of hydrogen-bond donors (Lipinski definition) is 0. The van der Waals surface area contributed by atoms with Crippen molar-refractivity contribution in [3.8, 4) is 0 Å². The molecular formula is C18H28N2. The molecular weight excluding hydrogens is 244 g/mol. The average Bonchev–Trinajstić information content (AvgIpc) is 2.72. The Morgan fingerprint density at radius 2 is 1.70 bits per heavy atom. The van der Waals surface area contributed by atoms with Crippen LogP contribution in [0.15, 0.2) is 24.3 Å². The van der Waals surface area contributed by atoms with Crippen molar-refractivity contribution < 1.29 is 0 Å². The molecule has 2 aliphatic rings. The maximum Gasteiger partial charge on any atom is 0.0177 e. The van der Waals surface area contributed by atoms with Gasteiger partial charge >= 0.3 is 0 Å². The van der Waals surface area contributed by atoms with Gasteiger partial charge in [-0.3, -0.25) is 4.90 Å². The molecule has 0 amide bonds. The van der Waals surface area contributed by atoms with Crippen LogP contribution in [0.5, 0.6) is 0 Å². The molecule has 0 aromatic heterocycles. The van der Waals surface area contributed by atoms with Crippen molar-refractivity contribution in [3.63, 3.8) is 0 Å². The Labute approximate surface area is 123 Å². The summed E-state index contributed by atoms with van der Waals surface area (Å²) in [6.07, 6.45) is 3.86. The van der Waals surface area contributed by atoms with Gasteiger partial charge in [0, 0.05) is 25.7 Å². The van der Waals surface area contributed by atoms with Gasteiger partial charge in [0.25, 0.3) is 0 Å². The van der Waals surface area contributed by atoms with Gasteiger partial charge in [0.2, 0.25) is 0 Å². The van der Waals surface area contributed by atoms with Crippen molar-refractivity contribution in [1.29, 1.82) is 0 Å². The van der Waals surface area contributed by atoms with E-state index in [0.717, 1.165) is 12.0 Å². The predicted octanol–water partition coefficient (Wildman–Crippen LogP) is 2.82. The molecule has 2 heteroatoms. The number of fused-ring (bicyclic) bond motifs is 1. The molecule has 110 valence electrons. The molecule has 1 aliphatic heterocycles. The van der Waals surface area contributed by atoms with E-state index in [1.165, 1.54) is 52.0 Å². The SMILES string of the molecule is CC(C)CN1CCCN(C2Cc3ccccc3C2)CC1. The molecule has 0 spiro atoms. The molecule has 1 aromatic carbocycles. The van der Waals surface area contributed by atoms with Crippen molar-refractivity contribution in [3.05, 3.63) is 35.4 Å². The van der Waals surface area contributed by atoms with Crippen LogP contribution in [-0.4, -0.2) is 48.6 Å². The van der Waals surface area contributed by atoms with Crippen LogP contribution in [0, 0.1) is 5.92 Å². The van der Waals surface area contributed by atoms with E-state index in [1.54, 1.807) is 11.1 Å². The molecule has 0 bridgehead atoms. The predicted molar refractivity (Wildman–Crippen MR) is 85.1 cm³/mol. The van der Waals surface area contributed by atoms with E-state index in [0.29, 0.717) is 0 Å². The number of hydrogen-bond acceptors (Lipinski definition) is 2. The van der Waals surface area contributed by atoms with E-state index in [1.807, 2.05) is 0 Å². The Kier molecular flexibility index (Phi) is 4.42. The summed E-state index contributed by atoms with van der Waals surface area (Å²) in [6.45, 7) is 11.0. The topological polar surface area (TPSA) is 6.48 Å². The minimum Gasteiger partial charge on any atom is -0.302 e. The van der Waals surface area contributed by atoms with Gasteiger partial charge in [0.1, 0.15) is 0 Å². The Balaban J connectivity index is 1.57. The second-order valence-electron chi connectivity index (χ2n) is 6.91. The van der Waals surface area contributed by atoms with Crippen molar-refractivity contribution in [1.82, 2.24) is 9.80 Å². The summed E-state index contributed by atoms with van der Waals surface area (Å²) in [5.74, 6) is 0.789. The molecule has 1 fully saturated rings. The Morgan fingerprint density at radius 1 is 1.00 bits per heavy atom. The van der Waals surface area contributed by atoms with Crippen LogP contribution in [0.25, 0.3) is 0 Å². The highest BCUT2D eigenvalue weighted by atomic mass is 15.2. The molecule has 1 aromatic rings. The van der Waals surface area contributed by atoms with Crippen LogP contribution in [0.2, 0.25) is 0 Å². The van der Waals surface area contributed by atoms with Crippen LogP contribution in [0.1, 0.15) is 31.4 Å². The van der Waals surface area contributed by atoms with Gasteiger partial charge in [-0.2, -0.15) is 0 Å². The third-order valence-electron chi connectivity index (χ3n) is 4.79. The van der Waals surface area contributed by atoms with Crippen LogP contribution in [0.3, 0.4) is 0 Å². The first kappa shape index (κ1) is 14.1. The second kappa shape index (κ2) is 6.28. The van der Waals surface area contributed by atoms with Gasteiger partial charge in [0.05, 0.1) is 0 Å². The lowest BCUT2D eigenvalue weighted by Crippen LogP contribution is -2.39. The lowest BCUT2D eigenvalue weighted by Gasteiger charge is -2.27. The summed E-state index contributed by atoms with van der Waals surface area (Å²) in [5, 5.41) is 0. The molecule has 0 radical (unpaired) electrons. The number of nitrogens with zero attached hydrogens (tertiary/aromatic N) is 2. The molecule has 0 N–H and O–H groups in total. The summed E-state index contributed by atoms with van der Waals surface area (Å²) in [7, 11) is 0. The monoisotopic (exact) mass is 272 g/mol. The molecule has 3 rings (SSSR count). The second-order valence-corrected chi connectivity index (χ2v) is 6.91. The van der Waals surface area contributed by atoms with Crippen LogP contribution in [0.4, 0.5) is 0 Å². The van der Waals surface area contributed by atoms with E-state index in [9.17, 15) is 0 Å². The third-order valence-corrected chi connectivity index (χ3v) is 4.79. The Morgan fingerprint density at radius 3 is 2.35 bits per heavy atom. The molecule has 0 saturated carbocycles. The maximum atomic E-state index is 2.75. The van der Waals surface area contributed by atoms with Gasteiger partial charge in [-0.15, -0.1) is 0 Å². The molecule has 2 nitrogen and oxygen atoms in total. The van der Waals surface area contributed by atoms with E-state index < -0.39 is 0 Å². The summed E-state index contributed by atoms with van der Waals surface area (Å²) >= 11 is 0. The standard InChI is InChI=1S/C18H28N2/c1-15(2)14-19-8-5-9-20(11-10-19)18-12-16-6-3-4-7-17(16)13-18/h3-4,6-7,15,18H,5,8-14H2,1-2H3. The van der Waals surface area contributed by atoms with E-state index in [4.69, 9.17) is 0 Å². The Bertz CT molecular complexity index is 416. The Hall–Kier alpha value is -0.860. The zero-order valence-corrected chi connectivity index (χ0v) is 13.0. The average molecular weight is 272 g/mol. The van der Waals surface area contributed by atoms with Gasteiger partial charge in [0.15, 0.2) is 0 Å². The third kappa shape index (κ3) is 3.24. The zero-order valence-electron chi connectivity index (χ0n) is 13.0. The summed E-state index contributed by atoms with van der Waals surface area (Å²) in [6, 6.07) is 9.77. The van der Waals surface area contributed by atoms with Gasteiger partial charge in [-0.25, -0.2) is 0 Å². The molecule has 1 heterocycles. The highest BCUT2D eigenvalue weighted by Crippen LogP contribution is 2.26. The minimum absolute atomic E-state index is 0.756. The van der Waals surface area contributed by atoms with Crippen LogP contribution < -0.4 is 0 Å². The van der Waals surface area contributed by atoms with Crippen LogP contribution >= 0.6 is 0 Å². The molecule has 1 aliphatic carbocycles. The zero-order chi connectivity index (χ0) is 13.9. The quantitative estimate of drug-likeness (QED) is 0.835. The van der Waals surface area contributed by atoms with Crippen molar-refractivity contribution >= 4 is 0 Å². The molecule has 1 saturated heterocycles. The van der Waals surface area contributed by atoms with Gasteiger partial charge < -0.3 is 4.90 Å². The fourth-order valence-corrected chi connectivity index (χ4v) is 3.85. The molecule has 20 heavy (non-hydrogen) atoms. The first-order chi connectivity index (χ1) is 9.72. The van der Waals surface area contributed by atoms with Crippen molar-refractivity contribution in [2.24, 2.45) is 5.92 Å². The number of benzene rings is 1. The fourth-order valence-electron chi connectivity index (χ4n) is 3.85. The molecule has 0 unspecified atom stereocenters. The van der Waals surface area contributed by atoms with Gasteiger partial charge in [-0.05, 0) is 49.4 Å². The van der Waals surface area contributed by atoms with Crippen LogP contribution in [-0.2, 0) is 12.8 Å². The van der Waals surface area contributed by atoms with Crippen molar-refractivity contribution in [2.75, 3.05) is 32.7 Å². The molecule has 0 atom stereocenters. The smallest absolute Gasteiger partial charge is 0.0177 e. The fraction of sp³-hybridized carbons (Fsp3) is 0.667. The highest BCUT2D eigenvalue weighted by molar-refractivity contribution is 5.33. The van der Waals surface area contributed by atoms with E-state index in [2.05, 4.69) is 47.9 Å². The van der Waals surface area contributed by atoms with E-state index >= 15 is 0 Å². The summed E-state index contributed by atoms with van der Waals surface area (Å²) in [5.41, 5.74) is 3.17. The largest absolute Gasteiger partial charge is 0.302 e. The minimum atomic E-state index is 0.756. The van der Waals surface area contributed by atoms with E-state index in [-0.39, 0.29) is 0 Å². The first-order valence-electron chi connectivity index (χ1n) is 8.25. The number of rotatable bonds is 3. The summed E-state index contributed by atoms with van der Waals surface area (Å²) < 4.78 is 0. The van der Waals surface area contributed by atoms with Crippen molar-refractivity contribution in [2.45, 2.75) is 39.2 Å². The lowest BCUT2D eigenvalue weighted by molar-refractivity contribution is 0.197. The summed E-state index contributed by atoms with van der Waals surface area (Å²) in [4.78, 5) is 5.41. The first-order valence-corrected chi connectivity index (χ1v) is 8.25.